The zero-order valence-corrected chi connectivity index (χ0v) is 11.8. The minimum atomic E-state index is -0.402. The fraction of sp³-hybridized carbons (Fsp3) is 0.533. The van der Waals surface area contributed by atoms with Crippen molar-refractivity contribution in [1.82, 2.24) is 4.90 Å². The van der Waals surface area contributed by atoms with Crippen LogP contribution in [0.2, 0.25) is 0 Å². The molecule has 5 heteroatoms. The van der Waals surface area contributed by atoms with Crippen LogP contribution >= 0.6 is 0 Å². The minimum absolute atomic E-state index is 0.0990. The van der Waals surface area contributed by atoms with E-state index in [1.54, 1.807) is 0 Å². The van der Waals surface area contributed by atoms with Crippen molar-refractivity contribution in [2.75, 3.05) is 38.2 Å². The third kappa shape index (κ3) is 4.03. The number of likely N-dealkylation sites (N-methyl/N-ethyl adjacent to an activating group) is 1. The lowest BCUT2D eigenvalue weighted by molar-refractivity contribution is -0.132. The average Bonchev–Trinajstić information content (AvgIpc) is 2.49. The Morgan fingerprint density at radius 3 is 2.85 bits per heavy atom. The van der Waals surface area contributed by atoms with E-state index in [9.17, 15) is 4.79 Å². The maximum Gasteiger partial charge on any atom is 0.254 e. The third-order valence-electron chi connectivity index (χ3n) is 3.51. The Kier molecular flexibility index (Phi) is 5.52. The topological polar surface area (TPSA) is 61.8 Å². The summed E-state index contributed by atoms with van der Waals surface area (Å²) in [6.45, 7) is 5.28. The first-order valence-corrected chi connectivity index (χ1v) is 7.07. The monoisotopic (exact) mass is 278 g/mol. The van der Waals surface area contributed by atoms with Gasteiger partial charge >= 0.3 is 0 Å². The molecule has 0 aliphatic carbocycles. The van der Waals surface area contributed by atoms with Gasteiger partial charge in [-0.15, -0.1) is 0 Å². The van der Waals surface area contributed by atoms with Gasteiger partial charge in [-0.1, -0.05) is 19.1 Å². The fourth-order valence-electron chi connectivity index (χ4n) is 2.25. The molecule has 0 aromatic heterocycles. The summed E-state index contributed by atoms with van der Waals surface area (Å²) in [5.41, 5.74) is 1.81. The van der Waals surface area contributed by atoms with Crippen LogP contribution in [0.4, 0.5) is 5.69 Å². The number of hydrogen-bond donors (Lipinski definition) is 2. The molecule has 1 aliphatic heterocycles. The molecule has 1 aromatic rings. The lowest BCUT2D eigenvalue weighted by atomic mass is 10.1. The number of carbonyl (C=O) groups excluding carboxylic acids is 1. The van der Waals surface area contributed by atoms with E-state index in [2.05, 4.69) is 17.1 Å². The third-order valence-corrected chi connectivity index (χ3v) is 3.51. The Morgan fingerprint density at radius 2 is 2.20 bits per heavy atom. The van der Waals surface area contributed by atoms with Crippen molar-refractivity contribution in [3.8, 4) is 0 Å². The number of aliphatic hydroxyl groups excluding tert-OH is 1. The van der Waals surface area contributed by atoms with Crippen LogP contribution in [0.15, 0.2) is 24.3 Å². The van der Waals surface area contributed by atoms with Crippen molar-refractivity contribution in [3.05, 3.63) is 29.8 Å². The Labute approximate surface area is 119 Å². The lowest BCUT2D eigenvalue weighted by Gasteiger charge is -2.31. The van der Waals surface area contributed by atoms with Crippen molar-refractivity contribution in [2.24, 2.45) is 0 Å². The summed E-state index contributed by atoms with van der Waals surface area (Å²) in [7, 11) is 0. The second kappa shape index (κ2) is 7.38. The van der Waals surface area contributed by atoms with Crippen molar-refractivity contribution < 1.29 is 14.6 Å². The lowest BCUT2D eigenvalue weighted by Crippen LogP contribution is -2.47. The summed E-state index contributed by atoms with van der Waals surface area (Å²) < 4.78 is 5.52. The van der Waals surface area contributed by atoms with Gasteiger partial charge in [0.25, 0.3) is 5.91 Å². The molecule has 0 unspecified atom stereocenters. The quantitative estimate of drug-likeness (QED) is 0.839. The number of hydrogen-bond acceptors (Lipinski definition) is 4. The van der Waals surface area contributed by atoms with Gasteiger partial charge in [0, 0.05) is 25.4 Å². The zero-order chi connectivity index (χ0) is 14.4. The molecular weight excluding hydrogens is 256 g/mol. The summed E-state index contributed by atoms with van der Waals surface area (Å²) in [6, 6.07) is 7.52. The second-order valence-electron chi connectivity index (χ2n) is 4.91. The van der Waals surface area contributed by atoms with Crippen LogP contribution in [0.1, 0.15) is 12.5 Å². The Balaban J connectivity index is 1.90. The molecule has 1 fully saturated rings. The molecule has 1 amide bonds. The number of nitrogens with one attached hydrogen (secondary N) is 1. The number of morpholine rings is 1. The van der Waals surface area contributed by atoms with Gasteiger partial charge in [-0.05, 0) is 30.7 Å². The minimum Gasteiger partial charge on any atom is -0.396 e. The van der Waals surface area contributed by atoms with Crippen LogP contribution in [-0.4, -0.2) is 54.9 Å². The van der Waals surface area contributed by atoms with Crippen molar-refractivity contribution in [2.45, 2.75) is 19.4 Å². The van der Waals surface area contributed by atoms with E-state index in [0.717, 1.165) is 24.3 Å². The van der Waals surface area contributed by atoms with Crippen LogP contribution in [-0.2, 0) is 16.0 Å². The summed E-state index contributed by atoms with van der Waals surface area (Å²) in [4.78, 5) is 14.3. The number of aliphatic hydroxyl groups is 1. The van der Waals surface area contributed by atoms with Crippen molar-refractivity contribution in [1.29, 1.82) is 0 Å². The fourth-order valence-corrected chi connectivity index (χ4v) is 2.25. The molecule has 1 aromatic carbocycles. The van der Waals surface area contributed by atoms with Gasteiger partial charge in [-0.25, -0.2) is 0 Å². The van der Waals surface area contributed by atoms with E-state index in [1.165, 1.54) is 0 Å². The molecule has 0 radical (unpaired) electrons. The van der Waals surface area contributed by atoms with Gasteiger partial charge < -0.3 is 15.2 Å². The summed E-state index contributed by atoms with van der Waals surface area (Å²) >= 11 is 0. The zero-order valence-electron chi connectivity index (χ0n) is 11.8. The average molecular weight is 278 g/mol. The van der Waals surface area contributed by atoms with Gasteiger partial charge in [0.1, 0.15) is 6.10 Å². The first-order chi connectivity index (χ1) is 9.72. The summed E-state index contributed by atoms with van der Waals surface area (Å²) in [5.74, 6) is -0.0990. The second-order valence-corrected chi connectivity index (χ2v) is 4.91. The Morgan fingerprint density at radius 1 is 1.45 bits per heavy atom. The molecule has 0 saturated carbocycles. The van der Waals surface area contributed by atoms with Gasteiger partial charge in [0.15, 0.2) is 0 Å². The van der Waals surface area contributed by atoms with Gasteiger partial charge in [-0.3, -0.25) is 9.69 Å². The standard InChI is InChI=1S/C15H22N2O3/c1-2-17-8-10-20-14(11-17)15(19)16-13-5-3-12(4-6-13)7-9-18/h3-6,14,18H,2,7-11H2,1H3,(H,16,19)/t14-/m1/s1. The number of carbonyl (C=O) groups is 1. The molecular formula is C15H22N2O3. The van der Waals surface area contributed by atoms with Crippen LogP contribution < -0.4 is 5.32 Å². The molecule has 1 aliphatic rings. The number of amides is 1. The van der Waals surface area contributed by atoms with Gasteiger partial charge in [0.05, 0.1) is 6.61 Å². The molecule has 2 rings (SSSR count). The highest BCUT2D eigenvalue weighted by Crippen LogP contribution is 2.12. The van der Waals surface area contributed by atoms with E-state index < -0.39 is 6.10 Å². The Bertz CT molecular complexity index is 433. The summed E-state index contributed by atoms with van der Waals surface area (Å²) in [5, 5.41) is 11.7. The SMILES string of the molecule is CCN1CCO[C@@H](C(=O)Nc2ccc(CCO)cc2)C1. The molecule has 0 spiro atoms. The molecule has 1 heterocycles. The number of ether oxygens (including phenoxy) is 1. The maximum atomic E-state index is 12.1. The number of nitrogens with zero attached hydrogens (tertiary/aromatic N) is 1. The van der Waals surface area contributed by atoms with E-state index in [-0.39, 0.29) is 12.5 Å². The molecule has 0 bridgehead atoms. The molecule has 1 atom stereocenters. The Hall–Kier alpha value is -1.43. The molecule has 1 saturated heterocycles. The number of benzene rings is 1. The first-order valence-electron chi connectivity index (χ1n) is 7.07. The smallest absolute Gasteiger partial charge is 0.254 e. The van der Waals surface area contributed by atoms with Crippen molar-refractivity contribution in [3.63, 3.8) is 0 Å². The van der Waals surface area contributed by atoms with Crippen LogP contribution in [0.3, 0.4) is 0 Å². The van der Waals surface area contributed by atoms with E-state index in [0.29, 0.717) is 19.6 Å². The summed E-state index contributed by atoms with van der Waals surface area (Å²) in [6.07, 6.45) is 0.228. The number of anilines is 1. The van der Waals surface area contributed by atoms with Crippen LogP contribution in [0.25, 0.3) is 0 Å². The van der Waals surface area contributed by atoms with Crippen LogP contribution in [0, 0.1) is 0 Å². The molecule has 110 valence electrons. The highest BCUT2D eigenvalue weighted by atomic mass is 16.5. The van der Waals surface area contributed by atoms with Crippen LogP contribution in [0.5, 0.6) is 0 Å². The van der Waals surface area contributed by atoms with Crippen molar-refractivity contribution >= 4 is 11.6 Å². The largest absolute Gasteiger partial charge is 0.396 e. The normalized spacial score (nSPS) is 19.8. The maximum absolute atomic E-state index is 12.1. The van der Waals surface area contributed by atoms with E-state index in [4.69, 9.17) is 9.84 Å². The van der Waals surface area contributed by atoms with Gasteiger partial charge in [0.2, 0.25) is 0 Å². The molecule has 5 nitrogen and oxygen atoms in total. The predicted octanol–water partition coefficient (Wildman–Crippen LogP) is 0.881. The highest BCUT2D eigenvalue weighted by molar-refractivity contribution is 5.94. The molecule has 20 heavy (non-hydrogen) atoms. The van der Waals surface area contributed by atoms with E-state index >= 15 is 0 Å². The number of rotatable bonds is 5. The molecule has 2 N–H and O–H groups in total. The van der Waals surface area contributed by atoms with Gasteiger partial charge in [-0.2, -0.15) is 0 Å². The van der Waals surface area contributed by atoms with E-state index in [1.807, 2.05) is 24.3 Å². The first kappa shape index (κ1) is 15.0. The highest BCUT2D eigenvalue weighted by Gasteiger charge is 2.25. The predicted molar refractivity (Wildman–Crippen MR) is 77.7 cm³/mol.